The van der Waals surface area contributed by atoms with E-state index in [1.807, 2.05) is 6.08 Å². The molecule has 1 atom stereocenters. The van der Waals surface area contributed by atoms with E-state index in [0.29, 0.717) is 5.92 Å². The average molecular weight is 125 g/mol. The first-order chi connectivity index (χ1) is 4.31. The van der Waals surface area contributed by atoms with Crippen LogP contribution in [0.3, 0.4) is 0 Å². The normalized spacial score (nSPS) is 12.7. The summed E-state index contributed by atoms with van der Waals surface area (Å²) < 4.78 is 0. The fourth-order valence-electron chi connectivity index (χ4n) is 0.681. The summed E-state index contributed by atoms with van der Waals surface area (Å²) in [5, 5.41) is 0. The van der Waals surface area contributed by atoms with Crippen LogP contribution in [-0.4, -0.2) is 0 Å². The first-order valence-electron chi connectivity index (χ1n) is 3.77. The molecule has 0 spiro atoms. The van der Waals surface area contributed by atoms with Crippen molar-refractivity contribution in [1.29, 1.82) is 0 Å². The van der Waals surface area contributed by atoms with Gasteiger partial charge in [-0.15, -0.1) is 0 Å². The zero-order chi connectivity index (χ0) is 7.11. The van der Waals surface area contributed by atoms with E-state index in [-0.39, 0.29) is 0 Å². The minimum Gasteiger partial charge on any atom is -0.0986 e. The molecule has 0 fully saturated rings. The molecule has 0 saturated heterocycles. The van der Waals surface area contributed by atoms with Gasteiger partial charge in [0.25, 0.3) is 0 Å². The van der Waals surface area contributed by atoms with Crippen molar-refractivity contribution in [2.45, 2.75) is 33.1 Å². The van der Waals surface area contributed by atoms with E-state index >= 15 is 0 Å². The second-order valence-electron chi connectivity index (χ2n) is 2.47. The summed E-state index contributed by atoms with van der Waals surface area (Å²) in [5.74, 6) is 0.594. The van der Waals surface area contributed by atoms with Crippen LogP contribution < -0.4 is 0 Å². The van der Waals surface area contributed by atoms with E-state index < -0.39 is 0 Å². The average Bonchev–Trinajstić information content (AvgIpc) is 1.89. The lowest BCUT2D eigenvalue weighted by atomic mass is 10.0. The maximum atomic E-state index is 3.71. The summed E-state index contributed by atoms with van der Waals surface area (Å²) in [6.07, 6.45) is 8.15. The molecule has 0 bridgehead atoms. The third kappa shape index (κ3) is 5.48. The number of hydrogen-bond donors (Lipinski definition) is 0. The minimum atomic E-state index is 0.594. The Balaban J connectivity index is 2.96. The van der Waals surface area contributed by atoms with Gasteiger partial charge in [0.2, 0.25) is 0 Å². The fourth-order valence-corrected chi connectivity index (χ4v) is 0.681. The van der Waals surface area contributed by atoms with Crippen LogP contribution in [0.15, 0.2) is 12.7 Å². The van der Waals surface area contributed by atoms with Crippen LogP contribution >= 0.6 is 0 Å². The highest BCUT2D eigenvalue weighted by atomic mass is 14.0. The van der Waals surface area contributed by atoms with Gasteiger partial charge in [-0.25, -0.2) is 0 Å². The van der Waals surface area contributed by atoms with Crippen molar-refractivity contribution in [3.63, 3.8) is 0 Å². The van der Waals surface area contributed by atoms with E-state index in [2.05, 4.69) is 26.8 Å². The molecule has 0 saturated carbocycles. The molecule has 0 amide bonds. The molecule has 0 heterocycles. The Morgan fingerprint density at radius 1 is 1.67 bits per heavy atom. The second-order valence-corrected chi connectivity index (χ2v) is 2.47. The van der Waals surface area contributed by atoms with Crippen LogP contribution in [0.2, 0.25) is 0 Å². The SMILES string of the molecule is C=CC(C)[CH+]CCCC. The van der Waals surface area contributed by atoms with Crippen molar-refractivity contribution < 1.29 is 0 Å². The summed E-state index contributed by atoms with van der Waals surface area (Å²) >= 11 is 0. The lowest BCUT2D eigenvalue weighted by molar-refractivity contribution is 0.707. The van der Waals surface area contributed by atoms with Crippen LogP contribution in [0.25, 0.3) is 0 Å². The standard InChI is InChI=1S/C9H17/c1-4-6-7-8-9(3)5-2/h5,8-9H,2,4,6-7H2,1,3H3/q+1. The molecule has 0 aliphatic carbocycles. The van der Waals surface area contributed by atoms with Crippen LogP contribution in [0, 0.1) is 12.3 Å². The monoisotopic (exact) mass is 125 g/mol. The minimum absolute atomic E-state index is 0.594. The molecule has 0 radical (unpaired) electrons. The van der Waals surface area contributed by atoms with E-state index in [1.165, 1.54) is 19.3 Å². The van der Waals surface area contributed by atoms with E-state index in [1.54, 1.807) is 0 Å². The van der Waals surface area contributed by atoms with Crippen LogP contribution in [0.1, 0.15) is 33.1 Å². The molecule has 9 heavy (non-hydrogen) atoms. The number of allylic oxidation sites excluding steroid dienone is 1. The van der Waals surface area contributed by atoms with Crippen molar-refractivity contribution in [3.05, 3.63) is 19.1 Å². The largest absolute Gasteiger partial charge is 0.113 e. The number of hydrogen-bond acceptors (Lipinski definition) is 0. The summed E-state index contributed by atoms with van der Waals surface area (Å²) in [5.41, 5.74) is 0. The van der Waals surface area contributed by atoms with Crippen molar-refractivity contribution in [3.8, 4) is 0 Å². The van der Waals surface area contributed by atoms with Gasteiger partial charge in [-0.3, -0.25) is 0 Å². The zero-order valence-corrected chi connectivity index (χ0v) is 6.56. The van der Waals surface area contributed by atoms with Gasteiger partial charge in [0.05, 0.1) is 12.8 Å². The highest BCUT2D eigenvalue weighted by Crippen LogP contribution is 2.07. The molecular weight excluding hydrogens is 108 g/mol. The van der Waals surface area contributed by atoms with E-state index in [0.717, 1.165) is 0 Å². The molecule has 0 rings (SSSR count). The Hall–Kier alpha value is -0.390. The van der Waals surface area contributed by atoms with Gasteiger partial charge in [-0.05, 0) is 19.4 Å². The highest BCUT2D eigenvalue weighted by Gasteiger charge is 2.03. The molecule has 0 heteroatoms. The predicted octanol–water partition coefficient (Wildman–Crippen LogP) is 3.20. The highest BCUT2D eigenvalue weighted by molar-refractivity contribution is 4.85. The Morgan fingerprint density at radius 3 is 2.78 bits per heavy atom. The van der Waals surface area contributed by atoms with Gasteiger partial charge in [-0.1, -0.05) is 19.9 Å². The number of unbranched alkanes of at least 4 members (excludes halogenated alkanes) is 2. The van der Waals surface area contributed by atoms with Gasteiger partial charge < -0.3 is 0 Å². The van der Waals surface area contributed by atoms with Crippen LogP contribution in [0.5, 0.6) is 0 Å². The molecule has 0 N–H and O–H groups in total. The summed E-state index contributed by atoms with van der Waals surface area (Å²) in [7, 11) is 0. The maximum Gasteiger partial charge on any atom is 0.113 e. The zero-order valence-electron chi connectivity index (χ0n) is 6.56. The van der Waals surface area contributed by atoms with E-state index in [4.69, 9.17) is 0 Å². The van der Waals surface area contributed by atoms with Crippen molar-refractivity contribution in [2.75, 3.05) is 0 Å². The molecule has 0 aromatic rings. The quantitative estimate of drug-likeness (QED) is 0.301. The second kappa shape index (κ2) is 5.74. The summed E-state index contributed by atoms with van der Waals surface area (Å²) in [4.78, 5) is 0. The Labute approximate surface area is 59.0 Å². The Bertz CT molecular complexity index is 64.4. The summed E-state index contributed by atoms with van der Waals surface area (Å²) in [6, 6.07) is 0. The molecule has 0 aromatic carbocycles. The third-order valence-corrected chi connectivity index (χ3v) is 1.47. The van der Waals surface area contributed by atoms with Crippen LogP contribution in [0.4, 0.5) is 0 Å². The molecule has 0 nitrogen and oxygen atoms in total. The molecule has 52 valence electrons. The lowest BCUT2D eigenvalue weighted by Crippen LogP contribution is -1.88. The molecule has 1 unspecified atom stereocenters. The first-order valence-corrected chi connectivity index (χ1v) is 3.77. The summed E-state index contributed by atoms with van der Waals surface area (Å²) in [6.45, 7) is 8.09. The van der Waals surface area contributed by atoms with Gasteiger partial charge >= 0.3 is 0 Å². The molecular formula is C9H17+. The predicted molar refractivity (Wildman–Crippen MR) is 43.2 cm³/mol. The molecule has 0 aliphatic rings. The Morgan fingerprint density at radius 2 is 2.33 bits per heavy atom. The van der Waals surface area contributed by atoms with Gasteiger partial charge in [0, 0.05) is 0 Å². The number of rotatable bonds is 5. The smallest absolute Gasteiger partial charge is 0.0986 e. The Kier molecular flexibility index (Phi) is 5.49. The van der Waals surface area contributed by atoms with Gasteiger partial charge in [-0.2, -0.15) is 0 Å². The topological polar surface area (TPSA) is 0 Å². The van der Waals surface area contributed by atoms with Crippen molar-refractivity contribution in [2.24, 2.45) is 5.92 Å². The fraction of sp³-hybridized carbons (Fsp3) is 0.667. The van der Waals surface area contributed by atoms with Crippen LogP contribution in [-0.2, 0) is 0 Å². The van der Waals surface area contributed by atoms with Gasteiger partial charge in [0.1, 0.15) is 5.92 Å². The van der Waals surface area contributed by atoms with Crippen molar-refractivity contribution in [1.82, 2.24) is 0 Å². The maximum absolute atomic E-state index is 3.71. The lowest BCUT2D eigenvalue weighted by Gasteiger charge is -1.92. The van der Waals surface area contributed by atoms with E-state index in [9.17, 15) is 0 Å². The van der Waals surface area contributed by atoms with Gasteiger partial charge in [0.15, 0.2) is 0 Å². The molecule has 0 aliphatic heterocycles. The third-order valence-electron chi connectivity index (χ3n) is 1.47. The molecule has 0 aromatic heterocycles. The van der Waals surface area contributed by atoms with Crippen molar-refractivity contribution >= 4 is 0 Å². The first kappa shape index (κ1) is 8.61.